The summed E-state index contributed by atoms with van der Waals surface area (Å²) < 4.78 is 0. The molecule has 0 aromatic heterocycles. The first-order valence-corrected chi connectivity index (χ1v) is 9.38. The monoisotopic (exact) mass is 371 g/mol. The minimum Gasteiger partial charge on any atom is -0.480 e. The lowest BCUT2D eigenvalue weighted by Crippen LogP contribution is -2.42. The molecule has 1 amide bonds. The highest BCUT2D eigenvalue weighted by molar-refractivity contribution is 5.87. The number of carbonyl (C=O) groups excluding carboxylic acids is 1. The van der Waals surface area contributed by atoms with Crippen molar-refractivity contribution in [3.63, 3.8) is 0 Å². The van der Waals surface area contributed by atoms with Gasteiger partial charge in [-0.25, -0.2) is 4.79 Å². The number of carboxylic acid groups (broad SMARTS) is 1. The molecular formula is C24H21NO3. The Bertz CT molecular complexity index is 968. The van der Waals surface area contributed by atoms with Crippen molar-refractivity contribution >= 4 is 11.9 Å². The molecule has 0 saturated heterocycles. The number of hydrogen-bond donors (Lipinski definition) is 2. The molecule has 0 fully saturated rings. The van der Waals surface area contributed by atoms with E-state index < -0.39 is 12.0 Å². The normalized spacial score (nSPS) is 13.4. The number of amides is 1. The lowest BCUT2D eigenvalue weighted by molar-refractivity contribution is -0.141. The Kier molecular flexibility index (Phi) is 4.94. The number of nitrogens with one attached hydrogen (secondary N) is 1. The van der Waals surface area contributed by atoms with Gasteiger partial charge in [-0.05, 0) is 27.8 Å². The van der Waals surface area contributed by atoms with E-state index in [1.165, 1.54) is 0 Å². The van der Waals surface area contributed by atoms with E-state index in [4.69, 9.17) is 0 Å². The smallest absolute Gasteiger partial charge is 0.326 e. The van der Waals surface area contributed by atoms with Gasteiger partial charge in [0, 0.05) is 18.8 Å². The molecule has 3 aromatic rings. The van der Waals surface area contributed by atoms with Gasteiger partial charge in [0.15, 0.2) is 0 Å². The molecule has 1 aliphatic rings. The van der Waals surface area contributed by atoms with Crippen molar-refractivity contribution in [3.05, 3.63) is 95.6 Å². The Labute approximate surface area is 163 Å². The van der Waals surface area contributed by atoms with Crippen LogP contribution in [0.15, 0.2) is 78.9 Å². The van der Waals surface area contributed by atoms with Crippen molar-refractivity contribution in [2.45, 2.75) is 24.8 Å². The molecule has 4 rings (SSSR count). The molecule has 3 aromatic carbocycles. The predicted octanol–water partition coefficient (Wildman–Crippen LogP) is 4.00. The van der Waals surface area contributed by atoms with E-state index in [9.17, 15) is 14.7 Å². The van der Waals surface area contributed by atoms with Crippen LogP contribution in [0.25, 0.3) is 11.1 Å². The van der Waals surface area contributed by atoms with Crippen LogP contribution in [0.5, 0.6) is 0 Å². The summed E-state index contributed by atoms with van der Waals surface area (Å²) in [4.78, 5) is 24.4. The number of carboxylic acids is 1. The summed E-state index contributed by atoms with van der Waals surface area (Å²) in [7, 11) is 0. The molecule has 0 aliphatic heterocycles. The highest BCUT2D eigenvalue weighted by Crippen LogP contribution is 2.45. The molecule has 28 heavy (non-hydrogen) atoms. The first-order chi connectivity index (χ1) is 13.6. The van der Waals surface area contributed by atoms with Crippen LogP contribution in [0.2, 0.25) is 0 Å². The second-order valence-electron chi connectivity index (χ2n) is 7.08. The lowest BCUT2D eigenvalue weighted by Gasteiger charge is -2.18. The van der Waals surface area contributed by atoms with E-state index >= 15 is 0 Å². The van der Waals surface area contributed by atoms with Gasteiger partial charge >= 0.3 is 5.97 Å². The maximum absolute atomic E-state index is 12.7. The van der Waals surface area contributed by atoms with E-state index in [-0.39, 0.29) is 24.7 Å². The second kappa shape index (κ2) is 7.69. The summed E-state index contributed by atoms with van der Waals surface area (Å²) in [6.45, 7) is 0. The standard InChI is InChI=1S/C24H21NO3/c26-23(25-22(24(27)28)14-16-8-2-1-3-9-16)15-21-19-12-6-4-10-17(19)18-11-5-7-13-20(18)21/h1-13,21-22H,14-15H2,(H,25,26)(H,27,28)/t22-/m1/s1. The molecule has 1 atom stereocenters. The van der Waals surface area contributed by atoms with Crippen molar-refractivity contribution in [2.75, 3.05) is 0 Å². The van der Waals surface area contributed by atoms with Crippen molar-refractivity contribution in [1.29, 1.82) is 0 Å². The average molecular weight is 371 g/mol. The fourth-order valence-electron chi connectivity index (χ4n) is 3.97. The van der Waals surface area contributed by atoms with Crippen molar-refractivity contribution in [3.8, 4) is 11.1 Å². The van der Waals surface area contributed by atoms with Gasteiger partial charge in [0.25, 0.3) is 0 Å². The summed E-state index contributed by atoms with van der Waals surface area (Å²) in [5.41, 5.74) is 5.42. The van der Waals surface area contributed by atoms with Gasteiger partial charge in [-0.15, -0.1) is 0 Å². The third-order valence-electron chi connectivity index (χ3n) is 5.27. The summed E-state index contributed by atoms with van der Waals surface area (Å²) in [5, 5.41) is 12.3. The molecule has 0 radical (unpaired) electrons. The fourth-order valence-corrected chi connectivity index (χ4v) is 3.97. The molecule has 1 aliphatic carbocycles. The number of aliphatic carboxylic acids is 1. The Hall–Kier alpha value is -3.40. The number of hydrogen-bond acceptors (Lipinski definition) is 2. The van der Waals surface area contributed by atoms with Crippen molar-refractivity contribution < 1.29 is 14.7 Å². The Morgan fingerprint density at radius 1 is 0.821 bits per heavy atom. The molecule has 4 nitrogen and oxygen atoms in total. The summed E-state index contributed by atoms with van der Waals surface area (Å²) in [6.07, 6.45) is 0.492. The summed E-state index contributed by atoms with van der Waals surface area (Å²) in [5.74, 6) is -1.33. The quantitative estimate of drug-likeness (QED) is 0.688. The van der Waals surface area contributed by atoms with Crippen LogP contribution in [0.4, 0.5) is 0 Å². The molecule has 0 unspecified atom stereocenters. The molecule has 0 heterocycles. The molecule has 0 bridgehead atoms. The molecule has 2 N–H and O–H groups in total. The maximum Gasteiger partial charge on any atom is 0.326 e. The van der Waals surface area contributed by atoms with Crippen LogP contribution in [0.3, 0.4) is 0 Å². The van der Waals surface area contributed by atoms with Crippen LogP contribution in [-0.2, 0) is 16.0 Å². The largest absolute Gasteiger partial charge is 0.480 e. The molecule has 4 heteroatoms. The number of carbonyl (C=O) groups is 2. The van der Waals surface area contributed by atoms with E-state index in [2.05, 4.69) is 17.4 Å². The molecule has 0 saturated carbocycles. The van der Waals surface area contributed by atoms with Gasteiger partial charge in [-0.1, -0.05) is 78.9 Å². The second-order valence-corrected chi connectivity index (χ2v) is 7.08. The van der Waals surface area contributed by atoms with Gasteiger partial charge in [0.2, 0.25) is 5.91 Å². The molecule has 140 valence electrons. The van der Waals surface area contributed by atoms with Crippen LogP contribution in [0, 0.1) is 0 Å². The summed E-state index contributed by atoms with van der Waals surface area (Å²) >= 11 is 0. The minimum absolute atomic E-state index is 0.0569. The van der Waals surface area contributed by atoms with E-state index in [0.29, 0.717) is 0 Å². The van der Waals surface area contributed by atoms with Crippen molar-refractivity contribution in [1.82, 2.24) is 5.32 Å². The molecule has 0 spiro atoms. The zero-order valence-electron chi connectivity index (χ0n) is 15.3. The van der Waals surface area contributed by atoms with Crippen LogP contribution >= 0.6 is 0 Å². The minimum atomic E-state index is -1.02. The van der Waals surface area contributed by atoms with Crippen LogP contribution in [0.1, 0.15) is 29.0 Å². The van der Waals surface area contributed by atoms with Gasteiger partial charge in [-0.3, -0.25) is 4.79 Å². The van der Waals surface area contributed by atoms with Gasteiger partial charge < -0.3 is 10.4 Å². The van der Waals surface area contributed by atoms with Gasteiger partial charge in [0.05, 0.1) is 0 Å². The Morgan fingerprint density at radius 3 is 1.93 bits per heavy atom. The van der Waals surface area contributed by atoms with E-state index in [1.807, 2.05) is 66.7 Å². The predicted molar refractivity (Wildman–Crippen MR) is 108 cm³/mol. The average Bonchev–Trinajstić information content (AvgIpc) is 3.02. The van der Waals surface area contributed by atoms with E-state index in [1.54, 1.807) is 0 Å². The fraction of sp³-hybridized carbons (Fsp3) is 0.167. The van der Waals surface area contributed by atoms with Crippen molar-refractivity contribution in [2.24, 2.45) is 0 Å². The van der Waals surface area contributed by atoms with Gasteiger partial charge in [-0.2, -0.15) is 0 Å². The first kappa shape index (κ1) is 18.0. The zero-order valence-corrected chi connectivity index (χ0v) is 15.3. The number of rotatable bonds is 6. The summed E-state index contributed by atoms with van der Waals surface area (Å²) in [6, 6.07) is 24.6. The zero-order chi connectivity index (χ0) is 19.5. The topological polar surface area (TPSA) is 66.4 Å². The highest BCUT2D eigenvalue weighted by Gasteiger charge is 2.30. The first-order valence-electron chi connectivity index (χ1n) is 9.38. The van der Waals surface area contributed by atoms with Gasteiger partial charge in [0.1, 0.15) is 6.04 Å². The Balaban J connectivity index is 1.52. The van der Waals surface area contributed by atoms with Crippen LogP contribution < -0.4 is 5.32 Å². The lowest BCUT2D eigenvalue weighted by atomic mass is 9.93. The van der Waals surface area contributed by atoms with Crippen LogP contribution in [-0.4, -0.2) is 23.0 Å². The van der Waals surface area contributed by atoms with E-state index in [0.717, 1.165) is 27.8 Å². The third kappa shape index (κ3) is 3.54. The Morgan fingerprint density at radius 2 is 1.36 bits per heavy atom. The molecular weight excluding hydrogens is 350 g/mol. The number of benzene rings is 3. The highest BCUT2D eigenvalue weighted by atomic mass is 16.4. The third-order valence-corrected chi connectivity index (χ3v) is 5.27. The SMILES string of the molecule is O=C(CC1c2ccccc2-c2ccccc21)N[C@H](Cc1ccccc1)C(=O)O. The maximum atomic E-state index is 12.7. The number of fused-ring (bicyclic) bond motifs is 3.